The van der Waals surface area contributed by atoms with E-state index in [4.69, 9.17) is 0 Å². The minimum Gasteiger partial charge on any atom is -0.310 e. The minimum atomic E-state index is 0.406. The van der Waals surface area contributed by atoms with Gasteiger partial charge in [-0.25, -0.2) is 0 Å². The number of nitrogens with one attached hydrogen (secondary N) is 1. The van der Waals surface area contributed by atoms with Gasteiger partial charge in [-0.1, -0.05) is 6.07 Å². The SMILES string of the molecule is C[C@@H](NCC1CCN(C)CC1)c1cccnc1. The average molecular weight is 233 g/mol. The van der Waals surface area contributed by atoms with Crippen LogP contribution in [0.15, 0.2) is 24.5 Å². The molecular formula is C14H23N3. The third-order valence-electron chi connectivity index (χ3n) is 3.74. The highest BCUT2D eigenvalue weighted by Crippen LogP contribution is 2.17. The zero-order valence-corrected chi connectivity index (χ0v) is 10.9. The molecule has 1 aliphatic rings. The smallest absolute Gasteiger partial charge is 0.0315 e. The number of rotatable bonds is 4. The molecule has 1 saturated heterocycles. The van der Waals surface area contributed by atoms with Crippen LogP contribution >= 0.6 is 0 Å². The molecule has 1 aromatic rings. The molecule has 0 radical (unpaired) electrons. The first-order chi connectivity index (χ1) is 8.25. The second-order valence-corrected chi connectivity index (χ2v) is 5.16. The van der Waals surface area contributed by atoms with Crippen molar-refractivity contribution in [3.05, 3.63) is 30.1 Å². The lowest BCUT2D eigenvalue weighted by molar-refractivity contribution is 0.213. The normalized spacial score (nSPS) is 20.4. The molecule has 17 heavy (non-hydrogen) atoms. The Kier molecular flexibility index (Phi) is 4.51. The molecule has 1 atom stereocenters. The molecule has 1 aliphatic heterocycles. The Morgan fingerprint density at radius 2 is 2.24 bits per heavy atom. The van der Waals surface area contributed by atoms with E-state index in [1.165, 1.54) is 31.5 Å². The van der Waals surface area contributed by atoms with Gasteiger partial charge in [-0.2, -0.15) is 0 Å². The number of pyridine rings is 1. The molecular weight excluding hydrogens is 210 g/mol. The van der Waals surface area contributed by atoms with Crippen LogP contribution in [0, 0.1) is 5.92 Å². The molecule has 0 bridgehead atoms. The maximum absolute atomic E-state index is 4.16. The number of likely N-dealkylation sites (tertiary alicyclic amines) is 1. The lowest BCUT2D eigenvalue weighted by atomic mass is 9.96. The second kappa shape index (κ2) is 6.12. The van der Waals surface area contributed by atoms with E-state index in [0.29, 0.717) is 6.04 Å². The van der Waals surface area contributed by atoms with Crippen molar-refractivity contribution in [2.45, 2.75) is 25.8 Å². The van der Waals surface area contributed by atoms with Gasteiger partial charge in [0.2, 0.25) is 0 Å². The molecule has 0 saturated carbocycles. The van der Waals surface area contributed by atoms with E-state index in [0.717, 1.165) is 12.5 Å². The van der Waals surface area contributed by atoms with Crippen LogP contribution in [-0.4, -0.2) is 36.6 Å². The fourth-order valence-electron chi connectivity index (χ4n) is 2.36. The summed E-state index contributed by atoms with van der Waals surface area (Å²) in [6.45, 7) is 5.83. The second-order valence-electron chi connectivity index (χ2n) is 5.16. The Morgan fingerprint density at radius 1 is 1.47 bits per heavy atom. The van der Waals surface area contributed by atoms with Crippen molar-refractivity contribution in [1.29, 1.82) is 0 Å². The van der Waals surface area contributed by atoms with Crippen molar-refractivity contribution in [2.24, 2.45) is 5.92 Å². The van der Waals surface area contributed by atoms with Gasteiger partial charge in [0.15, 0.2) is 0 Å². The predicted octanol–water partition coefficient (Wildman–Crippen LogP) is 2.07. The van der Waals surface area contributed by atoms with E-state index in [-0.39, 0.29) is 0 Å². The van der Waals surface area contributed by atoms with Gasteiger partial charge in [-0.05, 0) is 64.0 Å². The van der Waals surface area contributed by atoms with Crippen molar-refractivity contribution < 1.29 is 0 Å². The highest BCUT2D eigenvalue weighted by Gasteiger charge is 2.17. The number of hydrogen-bond donors (Lipinski definition) is 1. The number of piperidine rings is 1. The summed E-state index contributed by atoms with van der Waals surface area (Å²) in [6.07, 6.45) is 6.42. The molecule has 3 nitrogen and oxygen atoms in total. The fourth-order valence-corrected chi connectivity index (χ4v) is 2.36. The minimum absolute atomic E-state index is 0.406. The summed E-state index contributed by atoms with van der Waals surface area (Å²) in [5, 5.41) is 3.62. The molecule has 0 aromatic carbocycles. The molecule has 1 N–H and O–H groups in total. The van der Waals surface area contributed by atoms with Gasteiger partial charge in [-0.3, -0.25) is 4.98 Å². The van der Waals surface area contributed by atoms with Crippen LogP contribution < -0.4 is 5.32 Å². The molecule has 1 fully saturated rings. The fraction of sp³-hybridized carbons (Fsp3) is 0.643. The van der Waals surface area contributed by atoms with Gasteiger partial charge in [0.1, 0.15) is 0 Å². The molecule has 94 valence electrons. The zero-order chi connectivity index (χ0) is 12.1. The number of hydrogen-bond acceptors (Lipinski definition) is 3. The predicted molar refractivity (Wildman–Crippen MR) is 70.9 cm³/mol. The van der Waals surface area contributed by atoms with Crippen LogP contribution in [0.1, 0.15) is 31.4 Å². The van der Waals surface area contributed by atoms with Gasteiger partial charge in [0, 0.05) is 18.4 Å². The summed E-state index contributed by atoms with van der Waals surface area (Å²) >= 11 is 0. The van der Waals surface area contributed by atoms with Crippen LogP contribution in [0.2, 0.25) is 0 Å². The Hall–Kier alpha value is -0.930. The standard InChI is InChI=1S/C14H23N3/c1-12(14-4-3-7-15-11-14)16-10-13-5-8-17(2)9-6-13/h3-4,7,11-13,16H,5-6,8-10H2,1-2H3/t12-/m1/s1. The third kappa shape index (κ3) is 3.79. The Balaban J connectivity index is 1.75. The average Bonchev–Trinajstić information content (AvgIpc) is 2.39. The Bertz CT molecular complexity index is 317. The molecule has 0 unspecified atom stereocenters. The first-order valence-corrected chi connectivity index (χ1v) is 6.57. The molecule has 0 spiro atoms. The monoisotopic (exact) mass is 233 g/mol. The molecule has 2 rings (SSSR count). The zero-order valence-electron chi connectivity index (χ0n) is 10.9. The summed E-state index contributed by atoms with van der Waals surface area (Å²) in [6, 6.07) is 4.55. The van der Waals surface area contributed by atoms with Crippen molar-refractivity contribution in [3.8, 4) is 0 Å². The maximum atomic E-state index is 4.16. The lowest BCUT2D eigenvalue weighted by Crippen LogP contribution is -2.35. The first-order valence-electron chi connectivity index (χ1n) is 6.57. The van der Waals surface area contributed by atoms with E-state index in [1.54, 1.807) is 0 Å². The lowest BCUT2D eigenvalue weighted by Gasteiger charge is -2.30. The molecule has 3 heteroatoms. The molecule has 0 aliphatic carbocycles. The Morgan fingerprint density at radius 3 is 2.88 bits per heavy atom. The molecule has 1 aromatic heterocycles. The van der Waals surface area contributed by atoms with Gasteiger partial charge in [0.05, 0.1) is 0 Å². The Labute approximate surface area is 104 Å². The van der Waals surface area contributed by atoms with Crippen molar-refractivity contribution in [1.82, 2.24) is 15.2 Å². The van der Waals surface area contributed by atoms with Crippen molar-refractivity contribution in [3.63, 3.8) is 0 Å². The number of nitrogens with zero attached hydrogens (tertiary/aromatic N) is 2. The first kappa shape index (κ1) is 12.5. The highest BCUT2D eigenvalue weighted by atomic mass is 15.1. The van der Waals surface area contributed by atoms with Crippen molar-refractivity contribution >= 4 is 0 Å². The van der Waals surface area contributed by atoms with E-state index in [9.17, 15) is 0 Å². The van der Waals surface area contributed by atoms with Crippen LogP contribution in [0.25, 0.3) is 0 Å². The summed E-state index contributed by atoms with van der Waals surface area (Å²) < 4.78 is 0. The third-order valence-corrected chi connectivity index (χ3v) is 3.74. The van der Waals surface area contributed by atoms with Crippen LogP contribution in [-0.2, 0) is 0 Å². The van der Waals surface area contributed by atoms with E-state index in [1.807, 2.05) is 18.5 Å². The largest absolute Gasteiger partial charge is 0.310 e. The highest BCUT2D eigenvalue weighted by molar-refractivity contribution is 5.12. The molecule has 2 heterocycles. The molecule has 0 amide bonds. The van der Waals surface area contributed by atoms with Crippen molar-refractivity contribution in [2.75, 3.05) is 26.7 Å². The van der Waals surface area contributed by atoms with E-state index < -0.39 is 0 Å². The summed E-state index contributed by atoms with van der Waals surface area (Å²) in [5.74, 6) is 0.838. The summed E-state index contributed by atoms with van der Waals surface area (Å²) in [4.78, 5) is 6.58. The van der Waals surface area contributed by atoms with E-state index >= 15 is 0 Å². The van der Waals surface area contributed by atoms with Crippen LogP contribution in [0.3, 0.4) is 0 Å². The summed E-state index contributed by atoms with van der Waals surface area (Å²) in [5.41, 5.74) is 1.28. The summed E-state index contributed by atoms with van der Waals surface area (Å²) in [7, 11) is 2.21. The van der Waals surface area contributed by atoms with Gasteiger partial charge in [-0.15, -0.1) is 0 Å². The quantitative estimate of drug-likeness (QED) is 0.863. The van der Waals surface area contributed by atoms with E-state index in [2.05, 4.69) is 35.2 Å². The topological polar surface area (TPSA) is 28.2 Å². The van der Waals surface area contributed by atoms with Crippen LogP contribution in [0.5, 0.6) is 0 Å². The van der Waals surface area contributed by atoms with Gasteiger partial charge >= 0.3 is 0 Å². The van der Waals surface area contributed by atoms with Crippen LogP contribution in [0.4, 0.5) is 0 Å². The number of aromatic nitrogens is 1. The maximum Gasteiger partial charge on any atom is 0.0315 e. The van der Waals surface area contributed by atoms with Gasteiger partial charge < -0.3 is 10.2 Å². The van der Waals surface area contributed by atoms with Gasteiger partial charge in [0.25, 0.3) is 0 Å².